The van der Waals surface area contributed by atoms with Crippen LogP contribution >= 0.6 is 11.6 Å². The zero-order valence-corrected chi connectivity index (χ0v) is 10.8. The Balaban J connectivity index is 2.45. The molecule has 1 aromatic heterocycles. The van der Waals surface area contributed by atoms with Crippen LogP contribution in [0.25, 0.3) is 5.69 Å². The third-order valence-corrected chi connectivity index (χ3v) is 2.77. The number of carbonyl (C=O) groups is 1. The molecule has 2 rings (SSSR count). The lowest BCUT2D eigenvalue weighted by Crippen LogP contribution is -2.07. The van der Waals surface area contributed by atoms with E-state index in [0.717, 1.165) is 0 Å². The average molecular weight is 284 g/mol. The SMILES string of the molecule is CCOC(=O)c1nn(-c2ccc(F)cc2)c(N)c1Cl. The van der Waals surface area contributed by atoms with Crippen LogP contribution in [0.2, 0.25) is 5.02 Å². The van der Waals surface area contributed by atoms with Crippen molar-refractivity contribution in [1.29, 1.82) is 0 Å². The van der Waals surface area contributed by atoms with Crippen molar-refractivity contribution in [3.8, 4) is 5.69 Å². The fourth-order valence-electron chi connectivity index (χ4n) is 1.52. The monoisotopic (exact) mass is 283 g/mol. The minimum absolute atomic E-state index is 0.0165. The van der Waals surface area contributed by atoms with Crippen LogP contribution in [0.5, 0.6) is 0 Å². The van der Waals surface area contributed by atoms with E-state index in [2.05, 4.69) is 5.10 Å². The van der Waals surface area contributed by atoms with Crippen LogP contribution in [0.1, 0.15) is 17.4 Å². The summed E-state index contributed by atoms with van der Waals surface area (Å²) >= 11 is 5.94. The van der Waals surface area contributed by atoms with Gasteiger partial charge in [-0.25, -0.2) is 13.9 Å². The van der Waals surface area contributed by atoms with Gasteiger partial charge in [-0.2, -0.15) is 5.10 Å². The summed E-state index contributed by atoms with van der Waals surface area (Å²) in [6.45, 7) is 1.88. The van der Waals surface area contributed by atoms with Gasteiger partial charge >= 0.3 is 5.97 Å². The third kappa shape index (κ3) is 2.53. The van der Waals surface area contributed by atoms with Gasteiger partial charge in [0.2, 0.25) is 0 Å². The molecule has 7 heteroatoms. The van der Waals surface area contributed by atoms with Gasteiger partial charge < -0.3 is 10.5 Å². The van der Waals surface area contributed by atoms with E-state index in [1.54, 1.807) is 6.92 Å². The number of halogens is 2. The first-order chi connectivity index (χ1) is 9.04. The van der Waals surface area contributed by atoms with Crippen LogP contribution in [-0.2, 0) is 4.74 Å². The topological polar surface area (TPSA) is 70.1 Å². The van der Waals surface area contributed by atoms with E-state index in [-0.39, 0.29) is 29.0 Å². The second-order valence-corrected chi connectivity index (χ2v) is 4.03. The van der Waals surface area contributed by atoms with Crippen molar-refractivity contribution in [3.63, 3.8) is 0 Å². The van der Waals surface area contributed by atoms with Crippen LogP contribution in [0, 0.1) is 5.82 Å². The summed E-state index contributed by atoms with van der Waals surface area (Å²) in [6, 6.07) is 5.47. The molecular weight excluding hydrogens is 273 g/mol. The molecule has 19 heavy (non-hydrogen) atoms. The number of carbonyl (C=O) groups excluding carboxylic acids is 1. The number of aromatic nitrogens is 2. The number of benzene rings is 1. The number of rotatable bonds is 3. The summed E-state index contributed by atoms with van der Waals surface area (Å²) in [5.74, 6) is -0.942. The van der Waals surface area contributed by atoms with Crippen molar-refractivity contribution in [2.24, 2.45) is 0 Å². The van der Waals surface area contributed by atoms with Crippen molar-refractivity contribution in [1.82, 2.24) is 9.78 Å². The first-order valence-electron chi connectivity index (χ1n) is 5.51. The maximum absolute atomic E-state index is 12.9. The second kappa shape index (κ2) is 5.27. The number of nitrogen functional groups attached to an aromatic ring is 1. The normalized spacial score (nSPS) is 10.5. The summed E-state index contributed by atoms with van der Waals surface area (Å²) in [6.07, 6.45) is 0. The fourth-order valence-corrected chi connectivity index (χ4v) is 1.72. The van der Waals surface area contributed by atoms with Crippen LogP contribution < -0.4 is 5.73 Å². The minimum Gasteiger partial charge on any atom is -0.461 e. The van der Waals surface area contributed by atoms with Gasteiger partial charge in [-0.1, -0.05) is 11.6 Å². The quantitative estimate of drug-likeness (QED) is 0.878. The molecule has 0 radical (unpaired) electrons. The van der Waals surface area contributed by atoms with Crippen molar-refractivity contribution < 1.29 is 13.9 Å². The Bertz CT molecular complexity index is 610. The molecule has 0 aliphatic carbocycles. The van der Waals surface area contributed by atoms with E-state index in [4.69, 9.17) is 22.1 Å². The first kappa shape index (κ1) is 13.4. The summed E-state index contributed by atoms with van der Waals surface area (Å²) in [7, 11) is 0. The van der Waals surface area contributed by atoms with Crippen molar-refractivity contribution in [2.75, 3.05) is 12.3 Å². The molecule has 2 N–H and O–H groups in total. The molecule has 0 aliphatic heterocycles. The Kier molecular flexibility index (Phi) is 3.71. The first-order valence-corrected chi connectivity index (χ1v) is 5.89. The lowest BCUT2D eigenvalue weighted by atomic mass is 10.3. The van der Waals surface area contributed by atoms with Crippen molar-refractivity contribution >= 4 is 23.4 Å². The van der Waals surface area contributed by atoms with Gasteiger partial charge in [0.25, 0.3) is 0 Å². The van der Waals surface area contributed by atoms with Crippen molar-refractivity contribution in [2.45, 2.75) is 6.92 Å². The Hall–Kier alpha value is -2.08. The zero-order valence-electron chi connectivity index (χ0n) is 10.1. The highest BCUT2D eigenvalue weighted by Crippen LogP contribution is 2.26. The van der Waals surface area contributed by atoms with E-state index in [1.807, 2.05) is 0 Å². The number of hydrogen-bond donors (Lipinski definition) is 1. The molecule has 0 unspecified atom stereocenters. The van der Waals surface area contributed by atoms with E-state index in [9.17, 15) is 9.18 Å². The Morgan fingerprint density at radius 2 is 2.11 bits per heavy atom. The number of nitrogens with zero attached hydrogens (tertiary/aromatic N) is 2. The van der Waals surface area contributed by atoms with Gasteiger partial charge in [0.15, 0.2) is 5.69 Å². The van der Waals surface area contributed by atoms with E-state index in [0.29, 0.717) is 5.69 Å². The van der Waals surface area contributed by atoms with Gasteiger partial charge in [-0.15, -0.1) is 0 Å². The molecule has 0 atom stereocenters. The average Bonchev–Trinajstić information content (AvgIpc) is 2.68. The number of nitrogens with two attached hydrogens (primary N) is 1. The molecule has 0 saturated heterocycles. The van der Waals surface area contributed by atoms with Gasteiger partial charge in [0.1, 0.15) is 16.7 Å². The summed E-state index contributed by atoms with van der Waals surface area (Å²) in [5, 5.41) is 4.01. The number of esters is 1. The second-order valence-electron chi connectivity index (χ2n) is 3.66. The number of anilines is 1. The summed E-state index contributed by atoms with van der Waals surface area (Å²) in [5.41, 5.74) is 6.21. The third-order valence-electron chi connectivity index (χ3n) is 2.40. The molecule has 100 valence electrons. The lowest BCUT2D eigenvalue weighted by Gasteiger charge is -2.03. The smallest absolute Gasteiger partial charge is 0.360 e. The van der Waals surface area contributed by atoms with Gasteiger partial charge in [-0.3, -0.25) is 0 Å². The minimum atomic E-state index is -0.653. The molecule has 1 aromatic carbocycles. The summed E-state index contributed by atoms with van der Waals surface area (Å²) in [4.78, 5) is 11.6. The molecule has 0 spiro atoms. The molecule has 5 nitrogen and oxygen atoms in total. The fraction of sp³-hybridized carbons (Fsp3) is 0.167. The lowest BCUT2D eigenvalue weighted by molar-refractivity contribution is 0.0519. The molecule has 0 aliphatic rings. The standard InChI is InChI=1S/C12H11ClFN3O2/c1-2-19-12(18)10-9(13)11(15)17(16-10)8-5-3-7(14)4-6-8/h3-6H,2,15H2,1H3. The van der Waals surface area contributed by atoms with Crippen LogP contribution in [0.4, 0.5) is 10.2 Å². The van der Waals surface area contributed by atoms with Gasteiger partial charge in [-0.05, 0) is 31.2 Å². The molecule has 0 amide bonds. The predicted molar refractivity (Wildman–Crippen MR) is 68.9 cm³/mol. The molecule has 2 aromatic rings. The van der Waals surface area contributed by atoms with E-state index in [1.165, 1.54) is 28.9 Å². The highest BCUT2D eigenvalue weighted by atomic mass is 35.5. The van der Waals surface area contributed by atoms with Gasteiger partial charge in [0, 0.05) is 0 Å². The Labute approximate surface area is 113 Å². The number of ether oxygens (including phenoxy) is 1. The van der Waals surface area contributed by atoms with E-state index < -0.39 is 5.97 Å². The van der Waals surface area contributed by atoms with Crippen LogP contribution in [0.3, 0.4) is 0 Å². The largest absolute Gasteiger partial charge is 0.461 e. The molecular formula is C12H11ClFN3O2. The maximum atomic E-state index is 12.9. The van der Waals surface area contributed by atoms with Crippen LogP contribution in [0.15, 0.2) is 24.3 Å². The van der Waals surface area contributed by atoms with Gasteiger partial charge in [0.05, 0.1) is 12.3 Å². The molecule has 0 bridgehead atoms. The van der Waals surface area contributed by atoms with E-state index >= 15 is 0 Å². The highest BCUT2D eigenvalue weighted by molar-refractivity contribution is 6.35. The summed E-state index contributed by atoms with van der Waals surface area (Å²) < 4.78 is 18.9. The maximum Gasteiger partial charge on any atom is 0.360 e. The highest BCUT2D eigenvalue weighted by Gasteiger charge is 2.21. The molecule has 0 saturated carbocycles. The van der Waals surface area contributed by atoms with Crippen LogP contribution in [-0.4, -0.2) is 22.4 Å². The Morgan fingerprint density at radius 1 is 1.47 bits per heavy atom. The molecule has 1 heterocycles. The Morgan fingerprint density at radius 3 is 2.68 bits per heavy atom. The zero-order chi connectivity index (χ0) is 14.0. The van der Waals surface area contributed by atoms with Crippen molar-refractivity contribution in [3.05, 3.63) is 40.8 Å². The number of hydrogen-bond acceptors (Lipinski definition) is 4. The predicted octanol–water partition coefficient (Wildman–Crippen LogP) is 2.42. The molecule has 0 fully saturated rings.